The predicted molar refractivity (Wildman–Crippen MR) is 81.8 cm³/mol. The van der Waals surface area contributed by atoms with Crippen LogP contribution >= 0.6 is 27.7 Å². The van der Waals surface area contributed by atoms with Crippen LogP contribution in [0.3, 0.4) is 0 Å². The van der Waals surface area contributed by atoms with Gasteiger partial charge in [-0.05, 0) is 55.8 Å². The molecule has 0 aliphatic rings. The highest BCUT2D eigenvalue weighted by Crippen LogP contribution is 2.22. The van der Waals surface area contributed by atoms with Gasteiger partial charge in [0, 0.05) is 9.37 Å². The van der Waals surface area contributed by atoms with Crippen molar-refractivity contribution in [2.24, 2.45) is 5.92 Å². The monoisotopic (exact) mass is 315 g/mol. The fourth-order valence-corrected chi connectivity index (χ4v) is 3.01. The van der Waals surface area contributed by atoms with Crippen molar-refractivity contribution in [2.45, 2.75) is 31.6 Å². The molecule has 96 valence electrons. The number of hydrogen-bond donors (Lipinski definition) is 1. The molecule has 0 saturated carbocycles. The highest BCUT2D eigenvalue weighted by molar-refractivity contribution is 9.10. The summed E-state index contributed by atoms with van der Waals surface area (Å²) in [6.45, 7) is 6.78. The molecule has 1 N–H and O–H groups in total. The van der Waals surface area contributed by atoms with Gasteiger partial charge >= 0.3 is 0 Å². The molecule has 17 heavy (non-hydrogen) atoms. The minimum atomic E-state index is 0.756. The van der Waals surface area contributed by atoms with Crippen molar-refractivity contribution in [3.8, 4) is 0 Å². The summed E-state index contributed by atoms with van der Waals surface area (Å²) in [5.74, 6) is 1.96. The predicted octanol–water partition coefficient (Wildman–Crippen LogP) is 4.57. The molecule has 0 aliphatic heterocycles. The lowest BCUT2D eigenvalue weighted by molar-refractivity contribution is 0.541. The first-order chi connectivity index (χ1) is 8.18. The van der Waals surface area contributed by atoms with Gasteiger partial charge in [0.15, 0.2) is 0 Å². The Morgan fingerprint density at radius 3 is 2.82 bits per heavy atom. The van der Waals surface area contributed by atoms with E-state index in [1.54, 1.807) is 0 Å². The van der Waals surface area contributed by atoms with Crippen LogP contribution in [0.5, 0.6) is 0 Å². The molecule has 1 aromatic carbocycles. The molecule has 0 atom stereocenters. The van der Waals surface area contributed by atoms with Gasteiger partial charge in [0.2, 0.25) is 0 Å². The van der Waals surface area contributed by atoms with E-state index in [9.17, 15) is 0 Å². The van der Waals surface area contributed by atoms with Gasteiger partial charge in [-0.2, -0.15) is 0 Å². The van der Waals surface area contributed by atoms with Gasteiger partial charge in [0.1, 0.15) is 0 Å². The second kappa shape index (κ2) is 9.01. The Morgan fingerprint density at radius 2 is 2.12 bits per heavy atom. The fraction of sp³-hybridized carbons (Fsp3) is 0.571. The largest absolute Gasteiger partial charge is 0.316 e. The van der Waals surface area contributed by atoms with E-state index in [2.05, 4.69) is 59.4 Å². The molecular formula is C14H22BrNS. The zero-order valence-electron chi connectivity index (χ0n) is 10.7. The number of nitrogens with one attached hydrogen (secondary N) is 1. The van der Waals surface area contributed by atoms with E-state index in [0.29, 0.717) is 0 Å². The van der Waals surface area contributed by atoms with Gasteiger partial charge in [-0.15, -0.1) is 11.8 Å². The van der Waals surface area contributed by atoms with Crippen molar-refractivity contribution in [3.05, 3.63) is 28.7 Å². The maximum absolute atomic E-state index is 3.50. The average molecular weight is 316 g/mol. The second-order valence-electron chi connectivity index (χ2n) is 4.61. The Hall–Kier alpha value is 0.01000. The first-order valence-electron chi connectivity index (χ1n) is 6.27. The fourth-order valence-electron chi connectivity index (χ4n) is 1.49. The van der Waals surface area contributed by atoms with Crippen LogP contribution in [0.1, 0.15) is 26.7 Å². The third-order valence-electron chi connectivity index (χ3n) is 2.37. The summed E-state index contributed by atoms with van der Waals surface area (Å²) in [6.07, 6.45) is 2.55. The SMILES string of the molecule is CC(C)CNCCCCSc1cccc(Br)c1. The summed E-state index contributed by atoms with van der Waals surface area (Å²) in [7, 11) is 0. The molecule has 0 heterocycles. The topological polar surface area (TPSA) is 12.0 Å². The van der Waals surface area contributed by atoms with Crippen LogP contribution < -0.4 is 5.32 Å². The molecule has 0 fully saturated rings. The quantitative estimate of drug-likeness (QED) is 0.557. The lowest BCUT2D eigenvalue weighted by Gasteiger charge is -2.07. The van der Waals surface area contributed by atoms with Crippen molar-refractivity contribution in [2.75, 3.05) is 18.8 Å². The first-order valence-corrected chi connectivity index (χ1v) is 8.05. The van der Waals surface area contributed by atoms with Crippen molar-refractivity contribution < 1.29 is 0 Å². The van der Waals surface area contributed by atoms with E-state index >= 15 is 0 Å². The summed E-state index contributed by atoms with van der Waals surface area (Å²) in [6, 6.07) is 8.52. The lowest BCUT2D eigenvalue weighted by Crippen LogP contribution is -2.20. The van der Waals surface area contributed by atoms with Gasteiger partial charge in [-0.25, -0.2) is 0 Å². The van der Waals surface area contributed by atoms with Gasteiger partial charge < -0.3 is 5.32 Å². The second-order valence-corrected chi connectivity index (χ2v) is 6.69. The van der Waals surface area contributed by atoms with Crippen LogP contribution in [0.2, 0.25) is 0 Å². The van der Waals surface area contributed by atoms with E-state index in [-0.39, 0.29) is 0 Å². The number of unbranched alkanes of at least 4 members (excludes halogenated alkanes) is 1. The highest BCUT2D eigenvalue weighted by Gasteiger charge is 1.96. The van der Waals surface area contributed by atoms with Crippen LogP contribution in [0.4, 0.5) is 0 Å². The smallest absolute Gasteiger partial charge is 0.0186 e. The zero-order chi connectivity index (χ0) is 12.5. The minimum absolute atomic E-state index is 0.756. The van der Waals surface area contributed by atoms with Crippen molar-refractivity contribution in [3.63, 3.8) is 0 Å². The molecule has 1 nitrogen and oxygen atoms in total. The number of rotatable bonds is 8. The first kappa shape index (κ1) is 15.1. The van der Waals surface area contributed by atoms with E-state index in [0.717, 1.165) is 19.0 Å². The molecule has 1 rings (SSSR count). The van der Waals surface area contributed by atoms with Crippen LogP contribution in [0.25, 0.3) is 0 Å². The van der Waals surface area contributed by atoms with E-state index in [4.69, 9.17) is 0 Å². The maximum Gasteiger partial charge on any atom is 0.0186 e. The van der Waals surface area contributed by atoms with Crippen LogP contribution in [-0.4, -0.2) is 18.8 Å². The Morgan fingerprint density at radius 1 is 1.29 bits per heavy atom. The number of thioether (sulfide) groups is 1. The molecule has 0 saturated heterocycles. The van der Waals surface area contributed by atoms with Crippen molar-refractivity contribution in [1.29, 1.82) is 0 Å². The molecule has 0 aromatic heterocycles. The molecule has 1 aromatic rings. The summed E-state index contributed by atoms with van der Waals surface area (Å²) in [5.41, 5.74) is 0. The van der Waals surface area contributed by atoms with Crippen LogP contribution in [0, 0.1) is 5.92 Å². The Kier molecular flexibility index (Phi) is 7.99. The zero-order valence-corrected chi connectivity index (χ0v) is 13.1. The summed E-state index contributed by atoms with van der Waals surface area (Å²) >= 11 is 5.44. The van der Waals surface area contributed by atoms with Gasteiger partial charge in [-0.1, -0.05) is 35.8 Å². The molecule has 0 unspecified atom stereocenters. The minimum Gasteiger partial charge on any atom is -0.316 e. The molecule has 0 aliphatic carbocycles. The molecular weight excluding hydrogens is 294 g/mol. The number of halogens is 1. The Bertz CT molecular complexity index is 315. The van der Waals surface area contributed by atoms with Crippen molar-refractivity contribution in [1.82, 2.24) is 5.32 Å². The number of hydrogen-bond acceptors (Lipinski definition) is 2. The van der Waals surface area contributed by atoms with Crippen molar-refractivity contribution >= 4 is 27.7 Å². The number of benzene rings is 1. The van der Waals surface area contributed by atoms with Gasteiger partial charge in [0.25, 0.3) is 0 Å². The van der Waals surface area contributed by atoms with Gasteiger partial charge in [-0.3, -0.25) is 0 Å². The van der Waals surface area contributed by atoms with Crippen LogP contribution in [0.15, 0.2) is 33.6 Å². The third kappa shape index (κ3) is 7.85. The van der Waals surface area contributed by atoms with E-state index < -0.39 is 0 Å². The molecule has 0 amide bonds. The van der Waals surface area contributed by atoms with E-state index in [1.165, 1.54) is 28.0 Å². The average Bonchev–Trinajstić information content (AvgIpc) is 2.27. The molecule has 0 radical (unpaired) electrons. The lowest BCUT2D eigenvalue weighted by atomic mass is 10.2. The summed E-state index contributed by atoms with van der Waals surface area (Å²) in [4.78, 5) is 1.36. The van der Waals surface area contributed by atoms with Crippen LogP contribution in [-0.2, 0) is 0 Å². The Balaban J connectivity index is 2.01. The highest BCUT2D eigenvalue weighted by atomic mass is 79.9. The third-order valence-corrected chi connectivity index (χ3v) is 3.94. The van der Waals surface area contributed by atoms with Gasteiger partial charge in [0.05, 0.1) is 0 Å². The molecule has 3 heteroatoms. The maximum atomic E-state index is 3.50. The normalized spacial score (nSPS) is 11.1. The summed E-state index contributed by atoms with van der Waals surface area (Å²) in [5, 5.41) is 3.48. The summed E-state index contributed by atoms with van der Waals surface area (Å²) < 4.78 is 1.17. The molecule has 0 bridgehead atoms. The molecule has 0 spiro atoms. The standard InChI is InChI=1S/C14H22BrNS/c1-12(2)11-16-8-3-4-9-17-14-7-5-6-13(15)10-14/h5-7,10,12,16H,3-4,8-9,11H2,1-2H3. The Labute approximate surface area is 118 Å². The van der Waals surface area contributed by atoms with E-state index in [1.807, 2.05) is 11.8 Å².